The van der Waals surface area contributed by atoms with Crippen molar-refractivity contribution >= 4 is 27.2 Å². The fourth-order valence-electron chi connectivity index (χ4n) is 2.07. The van der Waals surface area contributed by atoms with Gasteiger partial charge in [-0.3, -0.25) is 0 Å². The quantitative estimate of drug-likeness (QED) is 0.490. The van der Waals surface area contributed by atoms with Gasteiger partial charge in [-0.05, 0) is 25.1 Å². The van der Waals surface area contributed by atoms with Crippen LogP contribution in [0.2, 0.25) is 0 Å². The molecule has 0 spiro atoms. The number of aryl methyl sites for hydroxylation is 1. The summed E-state index contributed by atoms with van der Waals surface area (Å²) < 4.78 is 43.7. The van der Waals surface area contributed by atoms with Gasteiger partial charge < -0.3 is 14.0 Å². The average molecular weight is 363 g/mol. The van der Waals surface area contributed by atoms with Gasteiger partial charge in [-0.1, -0.05) is 5.11 Å². The number of nitrogens with one attached hydrogen (secondary N) is 1. The van der Waals surface area contributed by atoms with E-state index < -0.39 is 15.0 Å². The van der Waals surface area contributed by atoms with Crippen LogP contribution >= 0.6 is 0 Å². The summed E-state index contributed by atoms with van der Waals surface area (Å²) in [6, 6.07) is 6.73. The Balaban J connectivity index is 2.51. The Bertz CT molecular complexity index is 980. The molecular formula is C15H15N4O5S+. The van der Waals surface area contributed by atoms with Gasteiger partial charge in [-0.25, -0.2) is 8.42 Å². The minimum absolute atomic E-state index is 0.133. The lowest BCUT2D eigenvalue weighted by atomic mass is 10.1. The Morgan fingerprint density at radius 1 is 1.16 bits per heavy atom. The zero-order valence-electron chi connectivity index (χ0n) is 13.7. The highest BCUT2D eigenvalue weighted by Gasteiger charge is 2.20. The highest BCUT2D eigenvalue weighted by molar-refractivity contribution is 7.85. The van der Waals surface area contributed by atoms with E-state index >= 15 is 0 Å². The van der Waals surface area contributed by atoms with Crippen LogP contribution in [-0.2, 0) is 10.1 Å². The van der Waals surface area contributed by atoms with Gasteiger partial charge in [-0.15, -0.1) is 0 Å². The topological polar surface area (TPSA) is 130 Å². The van der Waals surface area contributed by atoms with E-state index in [1.54, 1.807) is 19.1 Å². The zero-order valence-corrected chi connectivity index (χ0v) is 14.5. The number of azo groups is 1. The van der Waals surface area contributed by atoms with Crippen molar-refractivity contribution in [3.05, 3.63) is 40.9 Å². The van der Waals surface area contributed by atoms with Gasteiger partial charge in [0.05, 0.1) is 25.2 Å². The number of hydrogen-bond donors (Lipinski definition) is 1. The lowest BCUT2D eigenvalue weighted by Crippen LogP contribution is -2.57. The third-order valence-electron chi connectivity index (χ3n) is 3.37. The second kappa shape index (κ2) is 7.25. The van der Waals surface area contributed by atoms with Crippen LogP contribution in [0.25, 0.3) is 4.98 Å². The number of hydrogen-bond acceptors (Lipinski definition) is 7. The summed E-state index contributed by atoms with van der Waals surface area (Å²) in [5, 5.41) is 15.8. The van der Waals surface area contributed by atoms with E-state index in [2.05, 4.69) is 15.2 Å². The summed E-state index contributed by atoms with van der Waals surface area (Å²) in [5.41, 5.74) is 1.61. The second-order valence-corrected chi connectivity index (χ2v) is 6.33. The maximum atomic E-state index is 11.2. The van der Waals surface area contributed by atoms with Gasteiger partial charge in [-0.2, -0.15) is 0 Å². The SMILES string of the molecule is COc1ccc(S(=O)(=O)[O-])cc1N=[NH+]c1cc(OC)c([N+]#N)cc1C. The number of rotatable bonds is 5. The second-order valence-electron chi connectivity index (χ2n) is 4.95. The van der Waals surface area contributed by atoms with Gasteiger partial charge in [0.1, 0.15) is 10.1 Å². The molecule has 0 radical (unpaired) electrons. The molecule has 0 fully saturated rings. The summed E-state index contributed by atoms with van der Waals surface area (Å²) in [6.45, 7) is 1.75. The standard InChI is InChI=1S/C15H14N4O5S/c1-9-6-12(17-16)15(24-3)8-11(9)18-19-13-7-10(25(20,21)22)4-5-14(13)23-2/h4-8H,1-3H3/p+1. The van der Waals surface area contributed by atoms with Crippen molar-refractivity contribution in [3.8, 4) is 11.5 Å². The molecule has 2 aromatic rings. The van der Waals surface area contributed by atoms with Crippen LogP contribution in [0.15, 0.2) is 40.3 Å². The molecule has 0 bridgehead atoms. The third-order valence-corrected chi connectivity index (χ3v) is 4.20. The van der Waals surface area contributed by atoms with Crippen molar-refractivity contribution in [2.75, 3.05) is 14.2 Å². The van der Waals surface area contributed by atoms with Crippen molar-refractivity contribution in [1.82, 2.24) is 0 Å². The number of nitrogens with zero attached hydrogens (tertiary/aromatic N) is 3. The van der Waals surface area contributed by atoms with Gasteiger partial charge in [0.2, 0.25) is 16.8 Å². The van der Waals surface area contributed by atoms with Crippen molar-refractivity contribution in [2.45, 2.75) is 11.8 Å². The first kappa shape index (κ1) is 18.3. The van der Waals surface area contributed by atoms with Crippen molar-refractivity contribution in [3.63, 3.8) is 0 Å². The Morgan fingerprint density at radius 2 is 1.84 bits per heavy atom. The number of diazo groups is 1. The molecule has 0 heterocycles. The summed E-state index contributed by atoms with van der Waals surface area (Å²) >= 11 is 0. The Morgan fingerprint density at radius 3 is 2.40 bits per heavy atom. The van der Waals surface area contributed by atoms with Crippen LogP contribution in [0.5, 0.6) is 11.5 Å². The summed E-state index contributed by atoms with van der Waals surface area (Å²) in [7, 11) is -1.80. The fraction of sp³-hybridized carbons (Fsp3) is 0.200. The monoisotopic (exact) mass is 363 g/mol. The van der Waals surface area contributed by atoms with E-state index in [9.17, 15) is 13.0 Å². The number of ether oxygens (including phenoxy) is 2. The molecule has 2 rings (SSSR count). The smallest absolute Gasteiger partial charge is 0.427 e. The van der Waals surface area contributed by atoms with Crippen LogP contribution in [0, 0.1) is 12.3 Å². The summed E-state index contributed by atoms with van der Waals surface area (Å²) in [6.07, 6.45) is 0. The van der Waals surface area contributed by atoms with Crippen LogP contribution < -0.4 is 14.6 Å². The Labute approximate surface area is 144 Å². The maximum Gasteiger partial charge on any atom is 0.427 e. The minimum atomic E-state index is -4.61. The molecular weight excluding hydrogens is 348 g/mol. The lowest BCUT2D eigenvalue weighted by molar-refractivity contribution is -0.433. The first-order valence-corrected chi connectivity index (χ1v) is 8.35. The molecule has 0 amide bonds. The highest BCUT2D eigenvalue weighted by Crippen LogP contribution is 2.32. The lowest BCUT2D eigenvalue weighted by Gasteiger charge is -2.08. The Kier molecular flexibility index (Phi) is 5.31. The molecule has 0 aliphatic heterocycles. The van der Waals surface area contributed by atoms with Crippen LogP contribution in [0.4, 0.5) is 17.1 Å². The van der Waals surface area contributed by atoms with Crippen molar-refractivity contribution < 1.29 is 27.6 Å². The van der Waals surface area contributed by atoms with Crippen LogP contribution in [-0.4, -0.2) is 27.2 Å². The molecule has 0 aliphatic rings. The molecule has 1 N–H and O–H groups in total. The molecule has 0 saturated heterocycles. The predicted octanol–water partition coefficient (Wildman–Crippen LogP) is 1.90. The number of methoxy groups -OCH3 is 2. The van der Waals surface area contributed by atoms with Gasteiger partial charge in [0.15, 0.2) is 16.4 Å². The largest absolute Gasteiger partial charge is 0.744 e. The first-order chi connectivity index (χ1) is 11.8. The van der Waals surface area contributed by atoms with E-state index in [0.717, 1.165) is 12.1 Å². The predicted molar refractivity (Wildman–Crippen MR) is 86.1 cm³/mol. The van der Waals surface area contributed by atoms with Gasteiger partial charge in [0.25, 0.3) is 0 Å². The minimum Gasteiger partial charge on any atom is -0.744 e. The zero-order chi connectivity index (χ0) is 18.6. The van der Waals surface area contributed by atoms with Crippen molar-refractivity contribution in [1.29, 1.82) is 5.39 Å². The van der Waals surface area contributed by atoms with Crippen molar-refractivity contribution in [2.24, 2.45) is 5.11 Å². The normalized spacial score (nSPS) is 11.3. The Hall–Kier alpha value is -3.03. The van der Waals surface area contributed by atoms with Gasteiger partial charge >= 0.3 is 5.69 Å². The van der Waals surface area contributed by atoms with E-state index in [1.165, 1.54) is 20.3 Å². The molecule has 9 nitrogen and oxygen atoms in total. The molecule has 0 aliphatic carbocycles. The van der Waals surface area contributed by atoms with Crippen LogP contribution in [0.3, 0.4) is 0 Å². The molecule has 0 unspecified atom stereocenters. The molecule has 0 atom stereocenters. The van der Waals surface area contributed by atoms with E-state index in [4.69, 9.17) is 14.9 Å². The molecule has 0 saturated carbocycles. The molecule has 0 aromatic heterocycles. The third kappa shape index (κ3) is 4.09. The fourth-order valence-corrected chi connectivity index (χ4v) is 2.56. The van der Waals surface area contributed by atoms with E-state index in [1.807, 2.05) is 0 Å². The molecule has 10 heteroatoms. The first-order valence-electron chi connectivity index (χ1n) is 6.94. The maximum absolute atomic E-state index is 11.2. The summed E-state index contributed by atoms with van der Waals surface area (Å²) in [5.74, 6) is 0.597. The highest BCUT2D eigenvalue weighted by atomic mass is 32.2. The average Bonchev–Trinajstić information content (AvgIpc) is 2.59. The summed E-state index contributed by atoms with van der Waals surface area (Å²) in [4.78, 5) is 2.70. The van der Waals surface area contributed by atoms with E-state index in [0.29, 0.717) is 17.0 Å². The van der Waals surface area contributed by atoms with Crippen LogP contribution in [0.1, 0.15) is 5.56 Å². The van der Waals surface area contributed by atoms with Gasteiger partial charge in [0, 0.05) is 16.7 Å². The molecule has 25 heavy (non-hydrogen) atoms. The van der Waals surface area contributed by atoms with E-state index in [-0.39, 0.29) is 17.1 Å². The number of benzene rings is 2. The molecule has 130 valence electrons. The molecule has 2 aromatic carbocycles.